The van der Waals surface area contributed by atoms with Gasteiger partial charge in [-0.2, -0.15) is 5.26 Å². The molecule has 21 heavy (non-hydrogen) atoms. The molecule has 1 aliphatic carbocycles. The highest BCUT2D eigenvalue weighted by Gasteiger charge is 2.43. The molecule has 1 aliphatic heterocycles. The molecule has 3 rings (SSSR count). The number of likely N-dealkylation sites (tertiary alicyclic amines) is 1. The van der Waals surface area contributed by atoms with Crippen molar-refractivity contribution >= 4 is 5.91 Å². The number of piperidine rings is 1. The van der Waals surface area contributed by atoms with E-state index in [0.717, 1.165) is 51.5 Å². The van der Waals surface area contributed by atoms with Crippen molar-refractivity contribution in [1.29, 1.82) is 5.26 Å². The molecule has 5 nitrogen and oxygen atoms in total. The fourth-order valence-corrected chi connectivity index (χ4v) is 3.70. The highest BCUT2D eigenvalue weighted by Crippen LogP contribution is 2.38. The molecular weight excluding hydrogens is 264 g/mol. The van der Waals surface area contributed by atoms with E-state index in [4.69, 9.17) is 0 Å². The number of carbonyl (C=O) groups excluding carboxylic acids is 1. The Kier molecular flexibility index (Phi) is 3.96. The normalized spacial score (nSPS) is 25.3. The van der Waals surface area contributed by atoms with Gasteiger partial charge in [0.1, 0.15) is 5.41 Å². The van der Waals surface area contributed by atoms with Crippen molar-refractivity contribution in [3.05, 3.63) is 18.7 Å². The van der Waals surface area contributed by atoms with E-state index in [0.29, 0.717) is 12.6 Å². The Morgan fingerprint density at radius 3 is 2.76 bits per heavy atom. The summed E-state index contributed by atoms with van der Waals surface area (Å²) in [5.41, 5.74) is -0.755. The fourth-order valence-electron chi connectivity index (χ4n) is 3.70. The maximum Gasteiger partial charge on any atom is 0.243 e. The molecule has 2 heterocycles. The van der Waals surface area contributed by atoms with Gasteiger partial charge in [-0.25, -0.2) is 4.98 Å². The first-order valence-electron chi connectivity index (χ1n) is 7.93. The lowest BCUT2D eigenvalue weighted by Crippen LogP contribution is -2.48. The van der Waals surface area contributed by atoms with Gasteiger partial charge in [-0.1, -0.05) is 19.3 Å². The number of hydrogen-bond acceptors (Lipinski definition) is 3. The van der Waals surface area contributed by atoms with Gasteiger partial charge in [0.25, 0.3) is 0 Å². The molecule has 1 saturated heterocycles. The SMILES string of the molecule is N#CC1(C(=O)N2CCC[C@H](n3ccnc3)C2)CCCCC1. The summed E-state index contributed by atoms with van der Waals surface area (Å²) in [7, 11) is 0. The van der Waals surface area contributed by atoms with Gasteiger partial charge < -0.3 is 9.47 Å². The van der Waals surface area contributed by atoms with Crippen LogP contribution in [0.3, 0.4) is 0 Å². The fraction of sp³-hybridized carbons (Fsp3) is 0.688. The van der Waals surface area contributed by atoms with E-state index in [1.807, 2.05) is 17.4 Å². The number of hydrogen-bond donors (Lipinski definition) is 0. The van der Waals surface area contributed by atoms with Crippen LogP contribution in [0.25, 0.3) is 0 Å². The van der Waals surface area contributed by atoms with Crippen LogP contribution in [0.15, 0.2) is 18.7 Å². The average molecular weight is 286 g/mol. The molecule has 0 radical (unpaired) electrons. The van der Waals surface area contributed by atoms with E-state index in [9.17, 15) is 10.1 Å². The van der Waals surface area contributed by atoms with E-state index in [1.54, 1.807) is 6.20 Å². The second kappa shape index (κ2) is 5.88. The molecule has 0 unspecified atom stereocenters. The second-order valence-electron chi connectivity index (χ2n) is 6.31. The van der Waals surface area contributed by atoms with Crippen LogP contribution in [0.4, 0.5) is 0 Å². The van der Waals surface area contributed by atoms with Crippen LogP contribution in [0, 0.1) is 16.7 Å². The Labute approximate surface area is 125 Å². The first kappa shape index (κ1) is 14.1. The predicted molar refractivity (Wildman–Crippen MR) is 78.2 cm³/mol. The van der Waals surface area contributed by atoms with Gasteiger partial charge in [0.05, 0.1) is 18.4 Å². The summed E-state index contributed by atoms with van der Waals surface area (Å²) in [6.07, 6.45) is 12.2. The molecule has 1 amide bonds. The van der Waals surface area contributed by atoms with Crippen LogP contribution >= 0.6 is 0 Å². The van der Waals surface area contributed by atoms with Crippen molar-refractivity contribution in [2.24, 2.45) is 5.41 Å². The largest absolute Gasteiger partial charge is 0.339 e. The zero-order valence-electron chi connectivity index (χ0n) is 12.4. The minimum absolute atomic E-state index is 0.0644. The number of rotatable bonds is 2. The van der Waals surface area contributed by atoms with Crippen molar-refractivity contribution in [2.45, 2.75) is 51.0 Å². The molecule has 5 heteroatoms. The Hall–Kier alpha value is -1.83. The molecule has 0 N–H and O–H groups in total. The molecule has 1 aromatic heterocycles. The first-order chi connectivity index (χ1) is 10.2. The lowest BCUT2D eigenvalue weighted by Gasteiger charge is -2.39. The quantitative estimate of drug-likeness (QED) is 0.839. The van der Waals surface area contributed by atoms with Crippen LogP contribution in [-0.4, -0.2) is 33.4 Å². The van der Waals surface area contributed by atoms with Gasteiger partial charge in [0, 0.05) is 25.5 Å². The van der Waals surface area contributed by atoms with E-state index >= 15 is 0 Å². The van der Waals surface area contributed by atoms with E-state index in [1.165, 1.54) is 0 Å². The monoisotopic (exact) mass is 286 g/mol. The lowest BCUT2D eigenvalue weighted by atomic mass is 9.74. The number of carbonyl (C=O) groups is 1. The molecule has 0 spiro atoms. The third-order valence-corrected chi connectivity index (χ3v) is 4.96. The minimum Gasteiger partial charge on any atom is -0.339 e. The van der Waals surface area contributed by atoms with Crippen molar-refractivity contribution in [2.75, 3.05) is 13.1 Å². The zero-order chi connectivity index (χ0) is 14.7. The number of imidazole rings is 1. The van der Waals surface area contributed by atoms with Gasteiger partial charge >= 0.3 is 0 Å². The van der Waals surface area contributed by atoms with E-state index in [-0.39, 0.29) is 5.91 Å². The van der Waals surface area contributed by atoms with Crippen molar-refractivity contribution in [1.82, 2.24) is 14.5 Å². The Morgan fingerprint density at radius 1 is 1.29 bits per heavy atom. The van der Waals surface area contributed by atoms with E-state index in [2.05, 4.69) is 15.6 Å². The van der Waals surface area contributed by atoms with Gasteiger partial charge in [0.2, 0.25) is 5.91 Å². The highest BCUT2D eigenvalue weighted by atomic mass is 16.2. The minimum atomic E-state index is -0.755. The standard InChI is InChI=1S/C16H22N4O/c17-12-16(6-2-1-3-7-16)15(21)19-9-4-5-14(11-19)20-10-8-18-13-20/h8,10,13-14H,1-7,9,11H2/t14-/m0/s1. The Bertz CT molecular complexity index is 525. The summed E-state index contributed by atoms with van der Waals surface area (Å²) in [6.45, 7) is 1.49. The van der Waals surface area contributed by atoms with Crippen LogP contribution in [0.5, 0.6) is 0 Å². The summed E-state index contributed by atoms with van der Waals surface area (Å²) in [5, 5.41) is 9.58. The van der Waals surface area contributed by atoms with Crippen molar-refractivity contribution in [3.8, 4) is 6.07 Å². The van der Waals surface area contributed by atoms with Gasteiger partial charge in [0.15, 0.2) is 0 Å². The maximum atomic E-state index is 12.9. The van der Waals surface area contributed by atoms with Gasteiger partial charge in [-0.15, -0.1) is 0 Å². The average Bonchev–Trinajstić information content (AvgIpc) is 3.09. The summed E-state index contributed by atoms with van der Waals surface area (Å²) in [6, 6.07) is 2.65. The smallest absolute Gasteiger partial charge is 0.243 e. The summed E-state index contributed by atoms with van der Waals surface area (Å²) >= 11 is 0. The first-order valence-corrected chi connectivity index (χ1v) is 7.93. The molecular formula is C16H22N4O. The summed E-state index contributed by atoms with van der Waals surface area (Å²) in [5.74, 6) is 0.0644. The Balaban J connectivity index is 1.73. The zero-order valence-corrected chi connectivity index (χ0v) is 12.4. The Morgan fingerprint density at radius 2 is 2.10 bits per heavy atom. The molecule has 0 aromatic carbocycles. The van der Waals surface area contributed by atoms with Gasteiger partial charge in [-0.05, 0) is 25.7 Å². The summed E-state index contributed by atoms with van der Waals surface area (Å²) < 4.78 is 2.08. The van der Waals surface area contributed by atoms with Crippen LogP contribution < -0.4 is 0 Å². The molecule has 0 bridgehead atoms. The van der Waals surface area contributed by atoms with E-state index < -0.39 is 5.41 Å². The van der Waals surface area contributed by atoms with Crippen molar-refractivity contribution < 1.29 is 4.79 Å². The van der Waals surface area contributed by atoms with Gasteiger partial charge in [-0.3, -0.25) is 4.79 Å². The molecule has 2 aliphatic rings. The number of nitrogens with zero attached hydrogens (tertiary/aromatic N) is 4. The van der Waals surface area contributed by atoms with Crippen LogP contribution in [0.1, 0.15) is 51.0 Å². The van der Waals surface area contributed by atoms with Crippen LogP contribution in [0.2, 0.25) is 0 Å². The number of amides is 1. The topological polar surface area (TPSA) is 61.9 Å². The third-order valence-electron chi connectivity index (χ3n) is 4.96. The predicted octanol–water partition coefficient (Wildman–Crippen LogP) is 2.52. The molecule has 112 valence electrons. The lowest BCUT2D eigenvalue weighted by molar-refractivity contribution is -0.142. The molecule has 1 saturated carbocycles. The third kappa shape index (κ3) is 2.67. The highest BCUT2D eigenvalue weighted by molar-refractivity contribution is 5.85. The molecule has 1 atom stereocenters. The summed E-state index contributed by atoms with van der Waals surface area (Å²) in [4.78, 5) is 18.9. The van der Waals surface area contributed by atoms with Crippen LogP contribution in [-0.2, 0) is 4.79 Å². The second-order valence-corrected chi connectivity index (χ2v) is 6.31. The maximum absolute atomic E-state index is 12.9. The number of aromatic nitrogens is 2. The molecule has 1 aromatic rings. The van der Waals surface area contributed by atoms with Crippen molar-refractivity contribution in [3.63, 3.8) is 0 Å². The number of nitriles is 1. The molecule has 2 fully saturated rings.